The lowest BCUT2D eigenvalue weighted by molar-refractivity contribution is 0.660. The molecule has 0 bridgehead atoms. The molecule has 0 saturated heterocycles. The van der Waals surface area contributed by atoms with Crippen LogP contribution in [-0.4, -0.2) is 0 Å². The van der Waals surface area contributed by atoms with Gasteiger partial charge in [-0.3, -0.25) is 0 Å². The largest absolute Gasteiger partial charge is 0.455 e. The van der Waals surface area contributed by atoms with E-state index in [-0.39, 0.29) is 5.41 Å². The van der Waals surface area contributed by atoms with Crippen LogP contribution in [0.3, 0.4) is 0 Å². The van der Waals surface area contributed by atoms with Crippen LogP contribution in [-0.2, 0) is 5.41 Å². The molecule has 2 heteroatoms. The van der Waals surface area contributed by atoms with E-state index >= 15 is 0 Å². The Morgan fingerprint density at radius 2 is 0.877 bits per heavy atom. The van der Waals surface area contributed by atoms with Crippen LogP contribution in [0, 0.1) is 0 Å². The van der Waals surface area contributed by atoms with E-state index in [1.54, 1.807) is 0 Å². The summed E-state index contributed by atoms with van der Waals surface area (Å²) in [6, 6.07) is 82.1. The Morgan fingerprint density at radius 3 is 1.63 bits per heavy atom. The number of benzene rings is 11. The Bertz CT molecular complexity index is 3840. The third-order valence-electron chi connectivity index (χ3n) is 14.0. The Hall–Kier alpha value is -8.20. The standard InChI is InChI=1S/C63H43NO/c1-63(2)58-23-13-12-20-52(58)53-35-34-49(39-59(53)63)64(47-30-26-42(27-31-47)40-14-4-3-5-15-40)48-32-28-43(29-33-48)46-37-56(45-25-24-41-16-6-7-17-44(41)36-45)61-57(38-46)60-54-21-10-8-18-50(54)51-19-9-11-22-55(51)62(60)65-61/h3-39H,1-2H3. The van der Waals surface area contributed by atoms with E-state index in [0.717, 1.165) is 66.6 Å². The third kappa shape index (κ3) is 5.88. The first-order valence-corrected chi connectivity index (χ1v) is 22.6. The number of rotatable bonds is 6. The zero-order valence-electron chi connectivity index (χ0n) is 36.2. The minimum Gasteiger partial charge on any atom is -0.455 e. The molecule has 0 unspecified atom stereocenters. The van der Waals surface area contributed by atoms with Crippen LogP contribution in [0.15, 0.2) is 229 Å². The van der Waals surface area contributed by atoms with Gasteiger partial charge >= 0.3 is 0 Å². The lowest BCUT2D eigenvalue weighted by Crippen LogP contribution is -2.16. The molecule has 1 aliphatic rings. The maximum absolute atomic E-state index is 7.11. The molecule has 65 heavy (non-hydrogen) atoms. The van der Waals surface area contributed by atoms with E-state index in [0.29, 0.717) is 0 Å². The molecule has 2 nitrogen and oxygen atoms in total. The molecule has 1 aromatic heterocycles. The first kappa shape index (κ1) is 37.4. The smallest absolute Gasteiger partial charge is 0.143 e. The van der Waals surface area contributed by atoms with Gasteiger partial charge in [-0.2, -0.15) is 0 Å². The van der Waals surface area contributed by atoms with Crippen molar-refractivity contribution in [3.8, 4) is 44.5 Å². The van der Waals surface area contributed by atoms with E-state index in [1.807, 2.05) is 0 Å². The van der Waals surface area contributed by atoms with Gasteiger partial charge in [-0.25, -0.2) is 0 Å². The Labute approximate surface area is 378 Å². The second kappa shape index (κ2) is 14.4. The van der Waals surface area contributed by atoms with E-state index in [1.165, 1.54) is 60.3 Å². The fourth-order valence-corrected chi connectivity index (χ4v) is 10.8. The third-order valence-corrected chi connectivity index (χ3v) is 14.0. The first-order chi connectivity index (χ1) is 32.0. The average Bonchev–Trinajstić information content (AvgIpc) is 3.87. The van der Waals surface area contributed by atoms with Gasteiger partial charge in [0, 0.05) is 44.2 Å². The molecule has 1 aliphatic carbocycles. The van der Waals surface area contributed by atoms with Crippen molar-refractivity contribution in [1.82, 2.24) is 0 Å². The van der Waals surface area contributed by atoms with Crippen LogP contribution in [0.1, 0.15) is 25.0 Å². The van der Waals surface area contributed by atoms with Crippen molar-refractivity contribution in [1.29, 1.82) is 0 Å². The van der Waals surface area contributed by atoms with Crippen molar-refractivity contribution in [3.63, 3.8) is 0 Å². The summed E-state index contributed by atoms with van der Waals surface area (Å²) in [6.45, 7) is 4.71. The molecule has 13 rings (SSSR count). The zero-order valence-corrected chi connectivity index (χ0v) is 36.2. The van der Waals surface area contributed by atoms with Gasteiger partial charge in [0.2, 0.25) is 0 Å². The molecule has 0 spiro atoms. The molecule has 12 aromatic rings. The topological polar surface area (TPSA) is 16.4 Å². The maximum atomic E-state index is 7.11. The van der Waals surface area contributed by atoms with Gasteiger partial charge in [-0.15, -0.1) is 0 Å². The van der Waals surface area contributed by atoms with Gasteiger partial charge in [-0.05, 0) is 132 Å². The molecule has 0 radical (unpaired) electrons. The van der Waals surface area contributed by atoms with Crippen molar-refractivity contribution in [2.45, 2.75) is 19.3 Å². The van der Waals surface area contributed by atoms with Crippen LogP contribution in [0.4, 0.5) is 17.1 Å². The predicted octanol–water partition coefficient (Wildman–Crippen LogP) is 17.8. The van der Waals surface area contributed by atoms with Crippen molar-refractivity contribution >= 4 is 71.3 Å². The number of fused-ring (bicyclic) bond motifs is 12. The summed E-state index contributed by atoms with van der Waals surface area (Å²) in [5.74, 6) is 0. The summed E-state index contributed by atoms with van der Waals surface area (Å²) in [7, 11) is 0. The van der Waals surface area contributed by atoms with Crippen LogP contribution >= 0.6 is 0 Å². The number of hydrogen-bond donors (Lipinski definition) is 0. The summed E-state index contributed by atoms with van der Waals surface area (Å²) >= 11 is 0. The van der Waals surface area contributed by atoms with Crippen molar-refractivity contribution in [2.24, 2.45) is 0 Å². The molecule has 1 heterocycles. The Kier molecular flexibility index (Phi) is 8.29. The summed E-state index contributed by atoms with van der Waals surface area (Å²) < 4.78 is 7.11. The molecular weight excluding hydrogens is 787 g/mol. The predicted molar refractivity (Wildman–Crippen MR) is 275 cm³/mol. The highest BCUT2D eigenvalue weighted by atomic mass is 16.3. The van der Waals surface area contributed by atoms with E-state index < -0.39 is 0 Å². The van der Waals surface area contributed by atoms with Gasteiger partial charge in [0.05, 0.1) is 0 Å². The first-order valence-electron chi connectivity index (χ1n) is 22.6. The lowest BCUT2D eigenvalue weighted by Gasteiger charge is -2.28. The molecule has 0 atom stereocenters. The summed E-state index contributed by atoms with van der Waals surface area (Å²) in [4.78, 5) is 2.41. The monoisotopic (exact) mass is 829 g/mol. The normalized spacial score (nSPS) is 12.9. The van der Waals surface area contributed by atoms with Gasteiger partial charge in [-0.1, -0.05) is 184 Å². The van der Waals surface area contributed by atoms with Crippen LogP contribution < -0.4 is 4.90 Å². The summed E-state index contributed by atoms with van der Waals surface area (Å²) in [6.07, 6.45) is 0. The fourth-order valence-electron chi connectivity index (χ4n) is 10.8. The van der Waals surface area contributed by atoms with E-state index in [9.17, 15) is 0 Å². The summed E-state index contributed by atoms with van der Waals surface area (Å²) in [5.41, 5.74) is 17.3. The molecule has 11 aromatic carbocycles. The molecule has 0 saturated carbocycles. The maximum Gasteiger partial charge on any atom is 0.143 e. The van der Waals surface area contributed by atoms with E-state index in [4.69, 9.17) is 4.42 Å². The quantitative estimate of drug-likeness (QED) is 0.155. The molecule has 0 aliphatic heterocycles. The average molecular weight is 830 g/mol. The van der Waals surface area contributed by atoms with Crippen LogP contribution in [0.5, 0.6) is 0 Å². The molecule has 0 fully saturated rings. The van der Waals surface area contributed by atoms with Crippen molar-refractivity contribution < 1.29 is 4.42 Å². The molecular formula is C63H43NO. The number of anilines is 3. The lowest BCUT2D eigenvalue weighted by atomic mass is 9.82. The fraction of sp³-hybridized carbons (Fsp3) is 0.0476. The van der Waals surface area contributed by atoms with E-state index in [2.05, 4.69) is 243 Å². The highest BCUT2D eigenvalue weighted by Crippen LogP contribution is 2.51. The number of hydrogen-bond acceptors (Lipinski definition) is 2. The molecule has 0 N–H and O–H groups in total. The van der Waals surface area contributed by atoms with Crippen molar-refractivity contribution in [3.05, 3.63) is 236 Å². The Balaban J connectivity index is 0.992. The minimum absolute atomic E-state index is 0.120. The van der Waals surface area contributed by atoms with Crippen molar-refractivity contribution in [2.75, 3.05) is 4.90 Å². The van der Waals surface area contributed by atoms with Crippen LogP contribution in [0.2, 0.25) is 0 Å². The zero-order chi connectivity index (χ0) is 43.2. The second-order valence-electron chi connectivity index (χ2n) is 18.1. The summed E-state index contributed by atoms with van der Waals surface area (Å²) in [5, 5.41) is 9.46. The minimum atomic E-state index is -0.120. The van der Waals surface area contributed by atoms with Crippen LogP contribution in [0.25, 0.3) is 98.8 Å². The number of nitrogens with zero attached hydrogens (tertiary/aromatic N) is 1. The molecule has 0 amide bonds. The highest BCUT2D eigenvalue weighted by molar-refractivity contribution is 6.31. The number of furan rings is 1. The second-order valence-corrected chi connectivity index (χ2v) is 18.1. The Morgan fingerprint density at radius 1 is 0.323 bits per heavy atom. The van der Waals surface area contributed by atoms with Gasteiger partial charge < -0.3 is 9.32 Å². The van der Waals surface area contributed by atoms with Gasteiger partial charge in [0.1, 0.15) is 11.2 Å². The highest BCUT2D eigenvalue weighted by Gasteiger charge is 2.35. The SMILES string of the molecule is CC1(C)c2ccccc2-c2ccc(N(c3ccc(-c4ccccc4)cc3)c3ccc(-c4cc(-c5ccc6ccccc6c5)c5oc6c7ccccc7c7ccccc7c6c5c4)cc3)cc21. The van der Waals surface area contributed by atoms with Gasteiger partial charge in [0.15, 0.2) is 0 Å². The van der Waals surface area contributed by atoms with Gasteiger partial charge in [0.25, 0.3) is 0 Å². The molecule has 306 valence electrons.